The minimum Gasteiger partial charge on any atom is -0.506 e. The fraction of sp³-hybridized carbons (Fsp3) is 0.429. The maximum atomic E-state index is 9.66. The van der Waals surface area contributed by atoms with Gasteiger partial charge in [0.1, 0.15) is 11.5 Å². The standard InChI is InChI=1S/C21H28N2O2/c1-23-13-16(10-14-6-9-21(24)20(22)11-14)18-5-3-4-15-12-17(25-2)7-8-19(15)18/h6-9,11-12,16,18,23-24H,3-5,10,13,22H2,1-2H3. The summed E-state index contributed by atoms with van der Waals surface area (Å²) < 4.78 is 5.39. The summed E-state index contributed by atoms with van der Waals surface area (Å²) in [6.45, 7) is 0.955. The topological polar surface area (TPSA) is 67.5 Å². The predicted molar refractivity (Wildman–Crippen MR) is 102 cm³/mol. The molecule has 0 aliphatic heterocycles. The maximum absolute atomic E-state index is 9.66. The van der Waals surface area contributed by atoms with Gasteiger partial charge in [0.2, 0.25) is 0 Å². The Kier molecular flexibility index (Phi) is 5.49. The van der Waals surface area contributed by atoms with Crippen LogP contribution in [-0.4, -0.2) is 25.8 Å². The van der Waals surface area contributed by atoms with Crippen molar-refractivity contribution in [3.8, 4) is 11.5 Å². The van der Waals surface area contributed by atoms with E-state index in [1.165, 1.54) is 29.5 Å². The number of phenols is 1. The number of anilines is 1. The number of hydrogen-bond acceptors (Lipinski definition) is 4. The van der Waals surface area contributed by atoms with Gasteiger partial charge in [-0.2, -0.15) is 0 Å². The van der Waals surface area contributed by atoms with Gasteiger partial charge in [0.15, 0.2) is 0 Å². The molecule has 2 atom stereocenters. The van der Waals surface area contributed by atoms with Crippen LogP contribution in [0.15, 0.2) is 36.4 Å². The van der Waals surface area contributed by atoms with E-state index in [9.17, 15) is 5.11 Å². The van der Waals surface area contributed by atoms with Crippen LogP contribution in [0.4, 0.5) is 5.69 Å². The summed E-state index contributed by atoms with van der Waals surface area (Å²) in [4.78, 5) is 0. The van der Waals surface area contributed by atoms with Crippen LogP contribution in [0, 0.1) is 5.92 Å². The summed E-state index contributed by atoms with van der Waals surface area (Å²) >= 11 is 0. The average molecular weight is 340 g/mol. The van der Waals surface area contributed by atoms with Gasteiger partial charge in [0, 0.05) is 0 Å². The molecule has 2 aromatic rings. The van der Waals surface area contributed by atoms with Crippen molar-refractivity contribution in [2.24, 2.45) is 5.92 Å². The Morgan fingerprint density at radius 2 is 2.12 bits per heavy atom. The van der Waals surface area contributed by atoms with Gasteiger partial charge >= 0.3 is 0 Å². The van der Waals surface area contributed by atoms with Gasteiger partial charge in [0.25, 0.3) is 0 Å². The molecule has 134 valence electrons. The third-order valence-electron chi connectivity index (χ3n) is 5.34. The van der Waals surface area contributed by atoms with Crippen LogP contribution in [0.5, 0.6) is 11.5 Å². The van der Waals surface area contributed by atoms with Crippen LogP contribution in [0.1, 0.15) is 35.4 Å². The van der Waals surface area contributed by atoms with E-state index >= 15 is 0 Å². The molecular formula is C21H28N2O2. The molecule has 0 radical (unpaired) electrons. The van der Waals surface area contributed by atoms with Crippen molar-refractivity contribution in [3.05, 3.63) is 53.1 Å². The molecule has 1 aliphatic carbocycles. The van der Waals surface area contributed by atoms with E-state index < -0.39 is 0 Å². The molecule has 0 saturated carbocycles. The first-order valence-electron chi connectivity index (χ1n) is 9.01. The van der Waals surface area contributed by atoms with Gasteiger partial charge in [-0.05, 0) is 92.1 Å². The lowest BCUT2D eigenvalue weighted by Gasteiger charge is -2.33. The van der Waals surface area contributed by atoms with Crippen LogP contribution in [0.3, 0.4) is 0 Å². The largest absolute Gasteiger partial charge is 0.506 e. The quantitative estimate of drug-likeness (QED) is 0.556. The molecule has 0 saturated heterocycles. The van der Waals surface area contributed by atoms with Crippen molar-refractivity contribution in [1.29, 1.82) is 0 Å². The number of methoxy groups -OCH3 is 1. The predicted octanol–water partition coefficient (Wildman–Crippen LogP) is 3.48. The van der Waals surface area contributed by atoms with Crippen molar-refractivity contribution in [3.63, 3.8) is 0 Å². The number of nitrogen functional groups attached to an aromatic ring is 1. The van der Waals surface area contributed by atoms with Crippen molar-refractivity contribution in [1.82, 2.24) is 5.32 Å². The average Bonchev–Trinajstić information content (AvgIpc) is 2.63. The number of nitrogens with two attached hydrogens (primary N) is 1. The van der Waals surface area contributed by atoms with Crippen molar-refractivity contribution in [2.75, 3.05) is 26.4 Å². The highest BCUT2D eigenvalue weighted by Crippen LogP contribution is 2.39. The molecule has 2 aromatic carbocycles. The van der Waals surface area contributed by atoms with Crippen LogP contribution < -0.4 is 15.8 Å². The summed E-state index contributed by atoms with van der Waals surface area (Å²) in [7, 11) is 3.73. The first kappa shape index (κ1) is 17.6. The highest BCUT2D eigenvalue weighted by molar-refractivity contribution is 5.53. The fourth-order valence-corrected chi connectivity index (χ4v) is 4.10. The number of aromatic hydroxyl groups is 1. The van der Waals surface area contributed by atoms with E-state index in [0.717, 1.165) is 25.1 Å². The highest BCUT2D eigenvalue weighted by Gasteiger charge is 2.28. The molecule has 0 spiro atoms. The molecule has 0 amide bonds. The Morgan fingerprint density at radius 1 is 1.28 bits per heavy atom. The Hall–Kier alpha value is -2.20. The molecule has 0 heterocycles. The van der Waals surface area contributed by atoms with Crippen LogP contribution in [-0.2, 0) is 12.8 Å². The Labute approximate surface area is 150 Å². The lowest BCUT2D eigenvalue weighted by atomic mass is 9.73. The van der Waals surface area contributed by atoms with Crippen LogP contribution >= 0.6 is 0 Å². The van der Waals surface area contributed by atoms with Crippen LogP contribution in [0.25, 0.3) is 0 Å². The molecule has 2 unspecified atom stereocenters. The van der Waals surface area contributed by atoms with E-state index in [4.69, 9.17) is 10.5 Å². The number of hydrogen-bond donors (Lipinski definition) is 3. The summed E-state index contributed by atoms with van der Waals surface area (Å²) in [5, 5.41) is 13.0. The minimum absolute atomic E-state index is 0.157. The number of nitrogens with one attached hydrogen (secondary N) is 1. The molecule has 4 heteroatoms. The molecule has 0 bridgehead atoms. The lowest BCUT2D eigenvalue weighted by molar-refractivity contribution is 0.363. The third kappa shape index (κ3) is 3.90. The summed E-state index contributed by atoms with van der Waals surface area (Å²) in [6.07, 6.45) is 4.49. The van der Waals surface area contributed by atoms with E-state index in [-0.39, 0.29) is 5.75 Å². The van der Waals surface area contributed by atoms with E-state index in [1.54, 1.807) is 13.2 Å². The second kappa shape index (κ2) is 7.79. The van der Waals surface area contributed by atoms with E-state index in [2.05, 4.69) is 23.5 Å². The minimum atomic E-state index is 0.157. The summed E-state index contributed by atoms with van der Waals surface area (Å²) in [6, 6.07) is 12.1. The van der Waals surface area contributed by atoms with Crippen molar-refractivity contribution in [2.45, 2.75) is 31.6 Å². The molecule has 3 rings (SSSR count). The number of aryl methyl sites for hydroxylation is 1. The van der Waals surface area contributed by atoms with Crippen molar-refractivity contribution >= 4 is 5.69 Å². The third-order valence-corrected chi connectivity index (χ3v) is 5.34. The molecular weight excluding hydrogens is 312 g/mol. The van der Waals surface area contributed by atoms with Crippen molar-refractivity contribution < 1.29 is 9.84 Å². The number of benzene rings is 2. The van der Waals surface area contributed by atoms with E-state index in [1.807, 2.05) is 19.2 Å². The maximum Gasteiger partial charge on any atom is 0.138 e. The Bertz CT molecular complexity index is 730. The number of rotatable bonds is 6. The SMILES string of the molecule is CNCC(Cc1ccc(O)c(N)c1)C1CCCc2cc(OC)ccc21. The number of fused-ring (bicyclic) bond motifs is 1. The first-order valence-corrected chi connectivity index (χ1v) is 9.01. The van der Waals surface area contributed by atoms with Gasteiger partial charge in [-0.15, -0.1) is 0 Å². The van der Waals surface area contributed by atoms with Gasteiger partial charge < -0.3 is 20.9 Å². The molecule has 4 N–H and O–H groups in total. The van der Waals surface area contributed by atoms with E-state index in [0.29, 0.717) is 17.5 Å². The second-order valence-corrected chi connectivity index (χ2v) is 6.98. The monoisotopic (exact) mass is 340 g/mol. The second-order valence-electron chi connectivity index (χ2n) is 6.98. The van der Waals surface area contributed by atoms with Gasteiger partial charge in [-0.3, -0.25) is 0 Å². The molecule has 0 fully saturated rings. The molecule has 4 nitrogen and oxygen atoms in total. The molecule has 1 aliphatic rings. The number of ether oxygens (including phenoxy) is 1. The first-order chi connectivity index (χ1) is 12.1. The zero-order valence-electron chi connectivity index (χ0n) is 15.1. The fourth-order valence-electron chi connectivity index (χ4n) is 4.10. The summed E-state index contributed by atoms with van der Waals surface area (Å²) in [5.41, 5.74) is 10.4. The Balaban J connectivity index is 1.87. The summed E-state index contributed by atoms with van der Waals surface area (Å²) in [5.74, 6) is 2.11. The molecule has 0 aromatic heterocycles. The number of phenolic OH excluding ortho intramolecular Hbond substituents is 1. The Morgan fingerprint density at radius 3 is 2.84 bits per heavy atom. The molecule has 25 heavy (non-hydrogen) atoms. The zero-order valence-corrected chi connectivity index (χ0v) is 15.1. The van der Waals surface area contributed by atoms with Gasteiger partial charge in [-0.1, -0.05) is 12.1 Å². The normalized spacial score (nSPS) is 17.8. The highest BCUT2D eigenvalue weighted by atomic mass is 16.5. The van der Waals surface area contributed by atoms with Gasteiger partial charge in [-0.25, -0.2) is 0 Å². The van der Waals surface area contributed by atoms with Gasteiger partial charge in [0.05, 0.1) is 12.8 Å². The lowest BCUT2D eigenvalue weighted by Crippen LogP contribution is -2.29. The zero-order chi connectivity index (χ0) is 17.8. The smallest absolute Gasteiger partial charge is 0.138 e. The van der Waals surface area contributed by atoms with Crippen LogP contribution in [0.2, 0.25) is 0 Å².